The molecule has 1 aromatic carbocycles. The Labute approximate surface area is 174 Å². The molecule has 152 valence electrons. The number of esters is 1. The number of aromatic nitrogens is 1. The fourth-order valence-electron chi connectivity index (χ4n) is 3.43. The van der Waals surface area contributed by atoms with E-state index in [1.807, 2.05) is 61.7 Å². The number of methoxy groups -OCH3 is 1. The van der Waals surface area contributed by atoms with Gasteiger partial charge in [-0.15, -0.1) is 11.3 Å². The molecule has 0 saturated heterocycles. The molecule has 0 spiro atoms. The number of benzene rings is 1. The third-order valence-corrected chi connectivity index (χ3v) is 6.30. The van der Waals surface area contributed by atoms with Crippen LogP contribution in [0.4, 0.5) is 0 Å². The topological polar surface area (TPSA) is 57.5 Å². The third kappa shape index (κ3) is 4.27. The van der Waals surface area contributed by atoms with Gasteiger partial charge in [0.25, 0.3) is 0 Å². The summed E-state index contributed by atoms with van der Waals surface area (Å²) in [6.07, 6.45) is 0.875. The minimum Gasteiger partial charge on any atom is -0.497 e. The molecule has 0 amide bonds. The zero-order valence-corrected chi connectivity index (χ0v) is 18.2. The molecule has 0 saturated carbocycles. The van der Waals surface area contributed by atoms with Gasteiger partial charge in [0, 0.05) is 27.5 Å². The normalized spacial score (nSPS) is 10.8. The van der Waals surface area contributed by atoms with Crippen molar-refractivity contribution in [2.75, 3.05) is 13.7 Å². The van der Waals surface area contributed by atoms with Crippen molar-refractivity contribution in [3.8, 4) is 11.4 Å². The van der Waals surface area contributed by atoms with Gasteiger partial charge in [0.1, 0.15) is 10.6 Å². The first-order valence-corrected chi connectivity index (χ1v) is 10.3. The van der Waals surface area contributed by atoms with Gasteiger partial charge in [0.15, 0.2) is 6.61 Å². The van der Waals surface area contributed by atoms with Crippen LogP contribution in [-0.2, 0) is 11.2 Å². The van der Waals surface area contributed by atoms with E-state index in [0.29, 0.717) is 10.4 Å². The molecule has 3 aromatic rings. The standard InChI is InChI=1S/C23H25NO4S/c1-6-21-14(2)11-22(29-21)23(26)28-13-20(25)19-12-15(3)24(16(19)4)17-7-9-18(27-5)10-8-17/h7-12H,6,13H2,1-5H3. The van der Waals surface area contributed by atoms with Gasteiger partial charge in [0.2, 0.25) is 5.78 Å². The Morgan fingerprint density at radius 3 is 2.34 bits per heavy atom. The Morgan fingerprint density at radius 2 is 1.76 bits per heavy atom. The Hall–Kier alpha value is -2.86. The van der Waals surface area contributed by atoms with Gasteiger partial charge in [-0.25, -0.2) is 4.79 Å². The number of ether oxygens (including phenoxy) is 2. The van der Waals surface area contributed by atoms with Gasteiger partial charge in [0.05, 0.1) is 7.11 Å². The molecule has 0 atom stereocenters. The number of carbonyl (C=O) groups is 2. The molecule has 3 rings (SSSR count). The first-order chi connectivity index (χ1) is 13.8. The van der Waals surface area contributed by atoms with E-state index in [1.165, 1.54) is 11.3 Å². The maximum absolute atomic E-state index is 12.7. The summed E-state index contributed by atoms with van der Waals surface area (Å²) in [5.41, 5.74) is 4.33. The first kappa shape index (κ1) is 20.9. The van der Waals surface area contributed by atoms with Crippen LogP contribution in [0.15, 0.2) is 36.4 Å². The molecule has 0 unspecified atom stereocenters. The van der Waals surface area contributed by atoms with E-state index >= 15 is 0 Å². The molecule has 0 aliphatic carbocycles. The van der Waals surface area contributed by atoms with Crippen LogP contribution in [0.25, 0.3) is 5.69 Å². The molecular formula is C23H25NO4S. The van der Waals surface area contributed by atoms with Crippen LogP contribution < -0.4 is 4.74 Å². The highest BCUT2D eigenvalue weighted by atomic mass is 32.1. The van der Waals surface area contributed by atoms with Crippen molar-refractivity contribution >= 4 is 23.1 Å². The summed E-state index contributed by atoms with van der Waals surface area (Å²) in [7, 11) is 1.62. The monoisotopic (exact) mass is 411 g/mol. The number of carbonyl (C=O) groups excluding carboxylic acids is 2. The van der Waals surface area contributed by atoms with Crippen molar-refractivity contribution in [3.05, 3.63) is 68.7 Å². The number of hydrogen-bond donors (Lipinski definition) is 0. The van der Waals surface area contributed by atoms with Crippen molar-refractivity contribution in [1.82, 2.24) is 4.57 Å². The first-order valence-electron chi connectivity index (χ1n) is 9.48. The summed E-state index contributed by atoms with van der Waals surface area (Å²) in [6, 6.07) is 11.3. The summed E-state index contributed by atoms with van der Waals surface area (Å²) in [5, 5.41) is 0. The molecule has 0 aliphatic rings. The number of thiophene rings is 1. The summed E-state index contributed by atoms with van der Waals surface area (Å²) in [4.78, 5) is 26.7. The lowest BCUT2D eigenvalue weighted by atomic mass is 10.1. The van der Waals surface area contributed by atoms with Gasteiger partial charge in [-0.3, -0.25) is 4.79 Å². The SMILES string of the molecule is CCc1sc(C(=O)OCC(=O)c2cc(C)n(-c3ccc(OC)cc3)c2C)cc1C. The summed E-state index contributed by atoms with van der Waals surface area (Å²) < 4.78 is 12.5. The van der Waals surface area contributed by atoms with Gasteiger partial charge in [-0.1, -0.05) is 6.92 Å². The zero-order chi connectivity index (χ0) is 21.1. The van der Waals surface area contributed by atoms with Crippen molar-refractivity contribution in [1.29, 1.82) is 0 Å². The van der Waals surface area contributed by atoms with Gasteiger partial charge in [-0.05, 0) is 69.2 Å². The molecule has 0 aliphatic heterocycles. The molecule has 5 nitrogen and oxygen atoms in total. The van der Waals surface area contributed by atoms with Crippen molar-refractivity contribution in [2.45, 2.75) is 34.1 Å². The molecular weight excluding hydrogens is 386 g/mol. The largest absolute Gasteiger partial charge is 0.497 e. The van der Waals surface area contributed by atoms with Crippen LogP contribution in [0.3, 0.4) is 0 Å². The number of hydrogen-bond acceptors (Lipinski definition) is 5. The van der Waals surface area contributed by atoms with Gasteiger partial charge < -0.3 is 14.0 Å². The second kappa shape index (κ2) is 8.66. The van der Waals surface area contributed by atoms with E-state index in [1.54, 1.807) is 7.11 Å². The van der Waals surface area contributed by atoms with E-state index in [-0.39, 0.29) is 12.4 Å². The molecule has 0 fully saturated rings. The van der Waals surface area contributed by atoms with Crippen LogP contribution in [0, 0.1) is 20.8 Å². The van der Waals surface area contributed by atoms with Crippen LogP contribution in [0.5, 0.6) is 5.75 Å². The summed E-state index contributed by atoms with van der Waals surface area (Å²) in [5.74, 6) is 0.111. The molecule has 0 bridgehead atoms. The van der Waals surface area contributed by atoms with E-state index in [2.05, 4.69) is 6.92 Å². The molecule has 2 aromatic heterocycles. The van der Waals surface area contributed by atoms with E-state index < -0.39 is 5.97 Å². The number of Topliss-reactive ketones (excluding diaryl/α,β-unsaturated/α-hetero) is 1. The molecule has 2 heterocycles. The van der Waals surface area contributed by atoms with Crippen LogP contribution >= 0.6 is 11.3 Å². The molecule has 6 heteroatoms. The highest BCUT2D eigenvalue weighted by Crippen LogP contribution is 2.25. The van der Waals surface area contributed by atoms with Crippen LogP contribution in [0.2, 0.25) is 0 Å². The number of ketones is 1. The average molecular weight is 412 g/mol. The van der Waals surface area contributed by atoms with Crippen molar-refractivity contribution < 1.29 is 19.1 Å². The third-order valence-electron chi connectivity index (χ3n) is 4.94. The van der Waals surface area contributed by atoms with Gasteiger partial charge >= 0.3 is 5.97 Å². The second-order valence-corrected chi connectivity index (χ2v) is 8.02. The zero-order valence-electron chi connectivity index (χ0n) is 17.4. The summed E-state index contributed by atoms with van der Waals surface area (Å²) in [6.45, 7) is 7.59. The van der Waals surface area contributed by atoms with Crippen molar-refractivity contribution in [2.24, 2.45) is 0 Å². The predicted molar refractivity (Wildman–Crippen MR) is 115 cm³/mol. The van der Waals surface area contributed by atoms with E-state index in [4.69, 9.17) is 9.47 Å². The van der Waals surface area contributed by atoms with Crippen LogP contribution in [-0.4, -0.2) is 30.0 Å². The predicted octanol–water partition coefficient (Wildman–Crippen LogP) is 5.07. The van der Waals surface area contributed by atoms with Gasteiger partial charge in [-0.2, -0.15) is 0 Å². The quantitative estimate of drug-likeness (QED) is 0.402. The fourth-order valence-corrected chi connectivity index (χ4v) is 4.43. The minimum absolute atomic E-state index is 0.213. The smallest absolute Gasteiger partial charge is 0.348 e. The molecule has 0 N–H and O–H groups in total. The lowest BCUT2D eigenvalue weighted by Gasteiger charge is -2.10. The van der Waals surface area contributed by atoms with E-state index in [0.717, 1.165) is 39.7 Å². The number of aryl methyl sites for hydroxylation is 3. The Kier molecular flexibility index (Phi) is 6.23. The molecule has 29 heavy (non-hydrogen) atoms. The highest BCUT2D eigenvalue weighted by Gasteiger charge is 2.20. The fraction of sp³-hybridized carbons (Fsp3) is 0.304. The number of nitrogens with zero attached hydrogens (tertiary/aromatic N) is 1. The number of rotatable bonds is 7. The Bertz CT molecular complexity index is 1040. The molecule has 0 radical (unpaired) electrons. The van der Waals surface area contributed by atoms with Crippen LogP contribution in [0.1, 0.15) is 48.8 Å². The minimum atomic E-state index is -0.449. The lowest BCUT2D eigenvalue weighted by molar-refractivity contribution is 0.0479. The highest BCUT2D eigenvalue weighted by molar-refractivity contribution is 7.14. The van der Waals surface area contributed by atoms with E-state index in [9.17, 15) is 9.59 Å². The maximum atomic E-state index is 12.7. The maximum Gasteiger partial charge on any atom is 0.348 e. The van der Waals surface area contributed by atoms with Crippen molar-refractivity contribution in [3.63, 3.8) is 0 Å². The lowest BCUT2D eigenvalue weighted by Crippen LogP contribution is -2.14. The Balaban J connectivity index is 1.74. The second-order valence-electron chi connectivity index (χ2n) is 6.89. The Morgan fingerprint density at radius 1 is 1.07 bits per heavy atom. The summed E-state index contributed by atoms with van der Waals surface area (Å²) >= 11 is 1.42. The average Bonchev–Trinajstić information content (AvgIpc) is 3.25.